The van der Waals surface area contributed by atoms with Gasteiger partial charge in [0.25, 0.3) is 0 Å². The van der Waals surface area contributed by atoms with Gasteiger partial charge in [-0.15, -0.1) is 0 Å². The van der Waals surface area contributed by atoms with Gasteiger partial charge in [0.15, 0.2) is 9.84 Å². The molecule has 1 aliphatic rings. The Kier molecular flexibility index (Phi) is 5.08. The second-order valence-corrected chi connectivity index (χ2v) is 7.66. The number of rotatable bonds is 4. The minimum atomic E-state index is -3.76. The molecule has 1 N–H and O–H groups in total. The lowest BCUT2D eigenvalue weighted by atomic mass is 9.98. The van der Waals surface area contributed by atoms with E-state index < -0.39 is 33.4 Å². The number of likely N-dealkylation sites (tertiary alicyclic amines) is 1. The van der Waals surface area contributed by atoms with Gasteiger partial charge in [0.05, 0.1) is 10.8 Å². The minimum Gasteiger partial charge on any atom is -0.481 e. The Morgan fingerprint density at radius 2 is 1.91 bits per heavy atom. The summed E-state index contributed by atoms with van der Waals surface area (Å²) in [5.41, 5.74) is 0. The molecule has 1 heterocycles. The molecule has 0 bridgehead atoms. The summed E-state index contributed by atoms with van der Waals surface area (Å²) in [5.74, 6) is -2.82. The molecular formula is C14H16ClNO5S. The van der Waals surface area contributed by atoms with E-state index in [1.54, 1.807) is 0 Å². The number of carboxylic acid groups (broad SMARTS) is 1. The predicted molar refractivity (Wildman–Crippen MR) is 80.4 cm³/mol. The molecule has 2 rings (SSSR count). The smallest absolute Gasteiger partial charge is 0.308 e. The van der Waals surface area contributed by atoms with Crippen molar-refractivity contribution < 1.29 is 23.1 Å². The first-order chi connectivity index (χ1) is 10.3. The Bertz CT molecular complexity index is 671. The first-order valence-corrected chi connectivity index (χ1v) is 8.81. The molecule has 8 heteroatoms. The summed E-state index contributed by atoms with van der Waals surface area (Å²) in [4.78, 5) is 24.5. The van der Waals surface area contributed by atoms with E-state index in [1.165, 1.54) is 29.2 Å². The number of halogens is 1. The second kappa shape index (κ2) is 6.66. The standard InChI is InChI=1S/C14H16ClNO5S/c15-11-3-5-12(6-4-11)22(20,21)9-13(17)16-7-1-2-10(8-16)14(18)19/h3-6,10H,1-2,7-9H2,(H,18,19). The third kappa shape index (κ3) is 3.98. The van der Waals surface area contributed by atoms with Crippen LogP contribution in [-0.4, -0.2) is 49.1 Å². The molecule has 1 amide bonds. The van der Waals surface area contributed by atoms with E-state index in [1.807, 2.05) is 0 Å². The van der Waals surface area contributed by atoms with Gasteiger partial charge in [0, 0.05) is 18.1 Å². The summed E-state index contributed by atoms with van der Waals surface area (Å²) >= 11 is 5.71. The van der Waals surface area contributed by atoms with Crippen molar-refractivity contribution in [3.63, 3.8) is 0 Å². The molecule has 1 aliphatic heterocycles. The van der Waals surface area contributed by atoms with Crippen LogP contribution < -0.4 is 0 Å². The van der Waals surface area contributed by atoms with Gasteiger partial charge in [-0.05, 0) is 37.1 Å². The first-order valence-electron chi connectivity index (χ1n) is 6.78. The van der Waals surface area contributed by atoms with Crippen LogP contribution in [0.2, 0.25) is 5.02 Å². The summed E-state index contributed by atoms with van der Waals surface area (Å²) in [6.45, 7) is 0.447. The molecule has 120 valence electrons. The Balaban J connectivity index is 2.07. The van der Waals surface area contributed by atoms with E-state index in [0.29, 0.717) is 24.4 Å². The van der Waals surface area contributed by atoms with Crippen LogP contribution in [-0.2, 0) is 19.4 Å². The average molecular weight is 346 g/mol. The van der Waals surface area contributed by atoms with Gasteiger partial charge in [-0.1, -0.05) is 11.6 Å². The lowest BCUT2D eigenvalue weighted by Gasteiger charge is -2.30. The molecule has 1 aromatic rings. The van der Waals surface area contributed by atoms with Crippen LogP contribution in [0, 0.1) is 5.92 Å². The van der Waals surface area contributed by atoms with Crippen molar-refractivity contribution in [2.24, 2.45) is 5.92 Å². The molecule has 0 spiro atoms. The van der Waals surface area contributed by atoms with Crippen molar-refractivity contribution in [1.82, 2.24) is 4.90 Å². The molecule has 6 nitrogen and oxygen atoms in total. The van der Waals surface area contributed by atoms with Crippen molar-refractivity contribution in [2.75, 3.05) is 18.8 Å². The third-order valence-corrected chi connectivity index (χ3v) is 5.48. The number of benzene rings is 1. The lowest BCUT2D eigenvalue weighted by Crippen LogP contribution is -2.44. The highest BCUT2D eigenvalue weighted by atomic mass is 35.5. The van der Waals surface area contributed by atoms with Crippen LogP contribution in [0.15, 0.2) is 29.2 Å². The maximum absolute atomic E-state index is 12.2. The van der Waals surface area contributed by atoms with E-state index in [4.69, 9.17) is 16.7 Å². The fraction of sp³-hybridized carbons (Fsp3) is 0.429. The van der Waals surface area contributed by atoms with Crippen molar-refractivity contribution in [3.8, 4) is 0 Å². The Morgan fingerprint density at radius 1 is 1.27 bits per heavy atom. The molecular weight excluding hydrogens is 330 g/mol. The normalized spacial score (nSPS) is 19.0. The quantitative estimate of drug-likeness (QED) is 0.891. The fourth-order valence-electron chi connectivity index (χ4n) is 2.38. The van der Waals surface area contributed by atoms with E-state index in [2.05, 4.69) is 0 Å². The topological polar surface area (TPSA) is 91.8 Å². The number of carbonyl (C=O) groups is 2. The molecule has 1 unspecified atom stereocenters. The maximum atomic E-state index is 12.2. The maximum Gasteiger partial charge on any atom is 0.308 e. The van der Waals surface area contributed by atoms with Gasteiger partial charge >= 0.3 is 5.97 Å². The van der Waals surface area contributed by atoms with Gasteiger partial charge in [-0.2, -0.15) is 0 Å². The van der Waals surface area contributed by atoms with E-state index in [-0.39, 0.29) is 11.4 Å². The highest BCUT2D eigenvalue weighted by molar-refractivity contribution is 7.92. The number of amides is 1. The molecule has 22 heavy (non-hydrogen) atoms. The van der Waals surface area contributed by atoms with Crippen LogP contribution in [0.1, 0.15) is 12.8 Å². The zero-order valence-corrected chi connectivity index (χ0v) is 13.3. The molecule has 1 atom stereocenters. The Hall–Kier alpha value is -1.60. The predicted octanol–water partition coefficient (Wildman–Crippen LogP) is 1.44. The molecule has 1 aromatic carbocycles. The van der Waals surface area contributed by atoms with Crippen LogP contribution in [0.5, 0.6) is 0 Å². The molecule has 1 fully saturated rings. The van der Waals surface area contributed by atoms with Crippen LogP contribution in [0.4, 0.5) is 0 Å². The van der Waals surface area contributed by atoms with Gasteiger partial charge in [0.1, 0.15) is 5.75 Å². The molecule has 0 saturated carbocycles. The van der Waals surface area contributed by atoms with E-state index >= 15 is 0 Å². The summed E-state index contributed by atoms with van der Waals surface area (Å²) in [5, 5.41) is 9.41. The summed E-state index contributed by atoms with van der Waals surface area (Å²) in [6.07, 6.45) is 1.06. The van der Waals surface area contributed by atoms with Crippen molar-refractivity contribution in [2.45, 2.75) is 17.7 Å². The summed E-state index contributed by atoms with van der Waals surface area (Å²) < 4.78 is 24.4. The zero-order chi connectivity index (χ0) is 16.3. The molecule has 0 radical (unpaired) electrons. The van der Waals surface area contributed by atoms with Crippen molar-refractivity contribution in [3.05, 3.63) is 29.3 Å². The SMILES string of the molecule is O=C(O)C1CCCN(C(=O)CS(=O)(=O)c2ccc(Cl)cc2)C1. The zero-order valence-electron chi connectivity index (χ0n) is 11.7. The largest absolute Gasteiger partial charge is 0.481 e. The molecule has 0 aliphatic carbocycles. The number of carbonyl (C=O) groups excluding carboxylic acids is 1. The van der Waals surface area contributed by atoms with Crippen molar-refractivity contribution in [1.29, 1.82) is 0 Å². The number of carboxylic acids is 1. The Morgan fingerprint density at radius 3 is 2.50 bits per heavy atom. The highest BCUT2D eigenvalue weighted by Crippen LogP contribution is 2.19. The van der Waals surface area contributed by atoms with Crippen LogP contribution in [0.3, 0.4) is 0 Å². The monoisotopic (exact) mass is 345 g/mol. The Labute approximate surface area is 133 Å². The van der Waals surface area contributed by atoms with Gasteiger partial charge < -0.3 is 10.0 Å². The molecule has 0 aromatic heterocycles. The fourth-order valence-corrected chi connectivity index (χ4v) is 3.74. The number of sulfone groups is 1. The van der Waals surface area contributed by atoms with Crippen LogP contribution >= 0.6 is 11.6 Å². The first kappa shape index (κ1) is 16.8. The van der Waals surface area contributed by atoms with E-state index in [0.717, 1.165) is 0 Å². The van der Waals surface area contributed by atoms with Gasteiger partial charge in [-0.25, -0.2) is 8.42 Å². The van der Waals surface area contributed by atoms with Crippen LogP contribution in [0.25, 0.3) is 0 Å². The molecule has 1 saturated heterocycles. The average Bonchev–Trinajstić information content (AvgIpc) is 2.47. The summed E-state index contributed by atoms with van der Waals surface area (Å²) in [7, 11) is -3.76. The number of hydrogen-bond donors (Lipinski definition) is 1. The summed E-state index contributed by atoms with van der Waals surface area (Å²) in [6, 6.07) is 5.59. The number of hydrogen-bond acceptors (Lipinski definition) is 4. The lowest BCUT2D eigenvalue weighted by molar-refractivity contribution is -0.145. The highest BCUT2D eigenvalue weighted by Gasteiger charge is 2.30. The van der Waals surface area contributed by atoms with Gasteiger partial charge in [-0.3, -0.25) is 9.59 Å². The van der Waals surface area contributed by atoms with Gasteiger partial charge in [0.2, 0.25) is 5.91 Å². The number of piperidine rings is 1. The minimum absolute atomic E-state index is 0.0250. The number of aliphatic carboxylic acids is 1. The second-order valence-electron chi connectivity index (χ2n) is 5.23. The number of nitrogens with zero attached hydrogens (tertiary/aromatic N) is 1. The third-order valence-electron chi connectivity index (χ3n) is 3.61. The van der Waals surface area contributed by atoms with Crippen molar-refractivity contribution >= 4 is 33.3 Å². The van der Waals surface area contributed by atoms with E-state index in [9.17, 15) is 18.0 Å².